The van der Waals surface area contributed by atoms with Gasteiger partial charge in [0, 0.05) is 12.1 Å². The van der Waals surface area contributed by atoms with Crippen molar-refractivity contribution in [2.45, 2.75) is 297 Å². The number of hydrogen-bond donors (Lipinski definition) is 1. The molecule has 0 aliphatic rings. The Bertz CT molecular complexity index is 483. The van der Waals surface area contributed by atoms with E-state index >= 15 is 0 Å². The molecule has 0 radical (unpaired) electrons. The molecule has 0 aromatic heterocycles. The minimum atomic E-state index is 0.770. The van der Waals surface area contributed by atoms with Crippen molar-refractivity contribution in [2.24, 2.45) is 0 Å². The van der Waals surface area contributed by atoms with Crippen molar-refractivity contribution < 1.29 is 0 Å². The van der Waals surface area contributed by atoms with Gasteiger partial charge in [0.05, 0.1) is 0 Å². The summed E-state index contributed by atoms with van der Waals surface area (Å²) in [5, 5.41) is 4.35. The summed E-state index contributed by atoms with van der Waals surface area (Å²) in [5.74, 6) is 0. The Kier molecular flexibility index (Phi) is 42.1. The predicted octanol–water partition coefficient (Wildman–Crippen LogP) is 17.0. The van der Waals surface area contributed by atoms with E-state index in [1.807, 2.05) is 0 Å². The Hall–Kier alpha value is -0.0400. The first-order chi connectivity index (χ1) is 23.3. The van der Waals surface area contributed by atoms with Gasteiger partial charge in [-0.2, -0.15) is 0 Å². The summed E-state index contributed by atoms with van der Waals surface area (Å²) in [5.41, 5.74) is 0. The van der Waals surface area contributed by atoms with Gasteiger partial charge >= 0.3 is 0 Å². The van der Waals surface area contributed by atoms with Gasteiger partial charge in [0.25, 0.3) is 0 Å². The Labute approximate surface area is 301 Å². The lowest BCUT2D eigenvalue weighted by Gasteiger charge is -2.27. The monoisotopic (exact) mass is 662 g/mol. The maximum Gasteiger partial charge on any atom is 0.00696 e. The van der Waals surface area contributed by atoms with E-state index < -0.39 is 0 Å². The molecule has 2 unspecified atom stereocenters. The number of nitrogens with one attached hydrogen (secondary N) is 1. The third-order valence-electron chi connectivity index (χ3n) is 11.1. The predicted molar refractivity (Wildman–Crippen MR) is 218 cm³/mol. The van der Waals surface area contributed by atoms with E-state index in [0.717, 1.165) is 12.1 Å². The molecule has 0 bridgehead atoms. The summed E-state index contributed by atoms with van der Waals surface area (Å²) < 4.78 is 0. The van der Waals surface area contributed by atoms with Crippen LogP contribution in [0.3, 0.4) is 0 Å². The fourth-order valence-electron chi connectivity index (χ4n) is 7.76. The second-order valence-corrected chi connectivity index (χ2v) is 16.0. The van der Waals surface area contributed by atoms with E-state index in [0.29, 0.717) is 0 Å². The Morgan fingerprint density at radius 2 is 0.362 bits per heavy atom. The van der Waals surface area contributed by atoms with E-state index in [-0.39, 0.29) is 0 Å². The molecule has 0 heterocycles. The Morgan fingerprint density at radius 3 is 0.532 bits per heavy atom. The normalized spacial score (nSPS) is 13.0. The molecule has 0 saturated carbocycles. The second-order valence-electron chi connectivity index (χ2n) is 16.0. The summed E-state index contributed by atoms with van der Waals surface area (Å²) >= 11 is 0. The highest BCUT2D eigenvalue weighted by Crippen LogP contribution is 2.20. The van der Waals surface area contributed by atoms with Crippen LogP contribution in [0.2, 0.25) is 0 Å². The molecule has 0 amide bonds. The van der Waals surface area contributed by atoms with Gasteiger partial charge in [-0.1, -0.05) is 259 Å². The summed E-state index contributed by atoms with van der Waals surface area (Å²) in [7, 11) is 0. The maximum absolute atomic E-state index is 4.35. The zero-order chi connectivity index (χ0) is 34.1. The average molecular weight is 662 g/mol. The standard InChI is InChI=1S/C46H95N/c1-5-9-13-17-21-23-25-27-31-35-39-43-45(41-37-33-29-19-15-11-7-3)47-46(42-38-34-30-20-16-12-8-4)44-40-36-32-28-26-24-22-18-14-10-6-2/h45-47H,5-44H2,1-4H3. The van der Waals surface area contributed by atoms with E-state index in [1.165, 1.54) is 257 Å². The summed E-state index contributed by atoms with van der Waals surface area (Å²) in [6, 6.07) is 1.54. The van der Waals surface area contributed by atoms with Crippen molar-refractivity contribution in [2.75, 3.05) is 0 Å². The number of hydrogen-bond acceptors (Lipinski definition) is 1. The van der Waals surface area contributed by atoms with Crippen LogP contribution in [0.5, 0.6) is 0 Å². The van der Waals surface area contributed by atoms with Crippen molar-refractivity contribution in [1.82, 2.24) is 5.32 Å². The largest absolute Gasteiger partial charge is 0.311 e. The molecule has 0 fully saturated rings. The zero-order valence-electron chi connectivity index (χ0n) is 33.9. The minimum absolute atomic E-state index is 0.770. The van der Waals surface area contributed by atoms with Crippen molar-refractivity contribution >= 4 is 0 Å². The van der Waals surface area contributed by atoms with E-state index in [2.05, 4.69) is 33.0 Å². The number of rotatable bonds is 42. The van der Waals surface area contributed by atoms with Gasteiger partial charge in [-0.05, 0) is 25.7 Å². The highest BCUT2D eigenvalue weighted by molar-refractivity contribution is 4.76. The highest BCUT2D eigenvalue weighted by Gasteiger charge is 2.15. The van der Waals surface area contributed by atoms with Crippen LogP contribution in [0.15, 0.2) is 0 Å². The quantitative estimate of drug-likeness (QED) is 0.0642. The van der Waals surface area contributed by atoms with Gasteiger partial charge in [-0.15, -0.1) is 0 Å². The van der Waals surface area contributed by atoms with E-state index in [4.69, 9.17) is 0 Å². The molecule has 0 spiro atoms. The van der Waals surface area contributed by atoms with Crippen LogP contribution in [-0.4, -0.2) is 12.1 Å². The fourth-order valence-corrected chi connectivity index (χ4v) is 7.76. The van der Waals surface area contributed by atoms with Gasteiger partial charge < -0.3 is 5.32 Å². The Morgan fingerprint density at radius 1 is 0.213 bits per heavy atom. The zero-order valence-corrected chi connectivity index (χ0v) is 33.9. The third kappa shape index (κ3) is 38.6. The van der Waals surface area contributed by atoms with E-state index in [1.54, 1.807) is 0 Å². The summed E-state index contributed by atoms with van der Waals surface area (Å²) in [4.78, 5) is 0. The molecule has 0 rings (SSSR count). The topological polar surface area (TPSA) is 12.0 Å². The minimum Gasteiger partial charge on any atom is -0.311 e. The Balaban J connectivity index is 4.64. The lowest BCUT2D eigenvalue weighted by Crippen LogP contribution is -2.38. The molecule has 0 aromatic carbocycles. The molecule has 0 aromatic rings. The molecule has 284 valence electrons. The summed E-state index contributed by atoms with van der Waals surface area (Å²) in [6.45, 7) is 9.32. The lowest BCUT2D eigenvalue weighted by molar-refractivity contribution is 0.329. The number of unbranched alkanes of at least 4 members (excludes halogenated alkanes) is 32. The van der Waals surface area contributed by atoms with Gasteiger partial charge in [-0.25, -0.2) is 0 Å². The summed E-state index contributed by atoms with van der Waals surface area (Å²) in [6.07, 6.45) is 58.0. The average Bonchev–Trinajstić information content (AvgIpc) is 3.08. The van der Waals surface area contributed by atoms with Gasteiger partial charge in [0.1, 0.15) is 0 Å². The van der Waals surface area contributed by atoms with E-state index in [9.17, 15) is 0 Å². The van der Waals surface area contributed by atoms with Crippen LogP contribution >= 0.6 is 0 Å². The fraction of sp³-hybridized carbons (Fsp3) is 1.00. The highest BCUT2D eigenvalue weighted by atomic mass is 14.9. The van der Waals surface area contributed by atoms with Gasteiger partial charge in [0.15, 0.2) is 0 Å². The van der Waals surface area contributed by atoms with Crippen LogP contribution < -0.4 is 5.32 Å². The van der Waals surface area contributed by atoms with Crippen LogP contribution in [0.4, 0.5) is 0 Å². The third-order valence-corrected chi connectivity index (χ3v) is 11.1. The van der Waals surface area contributed by atoms with Crippen molar-refractivity contribution in [3.8, 4) is 0 Å². The lowest BCUT2D eigenvalue weighted by atomic mass is 9.95. The molecule has 47 heavy (non-hydrogen) atoms. The molecule has 1 N–H and O–H groups in total. The molecule has 1 heteroatoms. The maximum atomic E-state index is 4.35. The van der Waals surface area contributed by atoms with Gasteiger partial charge in [-0.3, -0.25) is 0 Å². The molecular weight excluding hydrogens is 567 g/mol. The van der Waals surface area contributed by atoms with Crippen LogP contribution in [-0.2, 0) is 0 Å². The van der Waals surface area contributed by atoms with Crippen molar-refractivity contribution in [3.05, 3.63) is 0 Å². The van der Waals surface area contributed by atoms with Crippen LogP contribution in [0.1, 0.15) is 285 Å². The van der Waals surface area contributed by atoms with Gasteiger partial charge in [0.2, 0.25) is 0 Å². The van der Waals surface area contributed by atoms with Crippen molar-refractivity contribution in [3.63, 3.8) is 0 Å². The SMILES string of the molecule is CCCCCCCCCCCCCC(CCCCCCCCC)NC(CCCCCCCCC)CCCCCCCCCCCCC. The van der Waals surface area contributed by atoms with Crippen LogP contribution in [0, 0.1) is 0 Å². The first-order valence-electron chi connectivity index (χ1n) is 23.0. The van der Waals surface area contributed by atoms with Crippen molar-refractivity contribution in [1.29, 1.82) is 0 Å². The second kappa shape index (κ2) is 42.1. The molecule has 0 aliphatic heterocycles. The smallest absolute Gasteiger partial charge is 0.00696 e. The molecule has 0 saturated heterocycles. The molecule has 0 aliphatic carbocycles. The first kappa shape index (κ1) is 47.0. The van der Waals surface area contributed by atoms with Crippen LogP contribution in [0.25, 0.3) is 0 Å². The molecular formula is C46H95N. The molecule has 1 nitrogen and oxygen atoms in total. The molecule has 2 atom stereocenters. The first-order valence-corrected chi connectivity index (χ1v) is 23.0.